The fourth-order valence-electron chi connectivity index (χ4n) is 1.60. The molecule has 1 rings (SSSR count). The average molecular weight is 283 g/mol. The zero-order chi connectivity index (χ0) is 13.9. The molecule has 1 aromatic heterocycles. The Kier molecular flexibility index (Phi) is 4.78. The first-order chi connectivity index (χ1) is 8.20. The first-order valence-corrected chi connectivity index (χ1v) is 5.92. The van der Waals surface area contributed by atoms with Crippen LogP contribution in [0.2, 0.25) is 5.15 Å². The van der Waals surface area contributed by atoms with E-state index in [9.17, 15) is 18.0 Å². The summed E-state index contributed by atoms with van der Waals surface area (Å²) in [6.45, 7) is 3.60. The molecule has 0 bridgehead atoms. The predicted molar refractivity (Wildman–Crippen MR) is 62.9 cm³/mol. The monoisotopic (exact) mass is 282 g/mol. The van der Waals surface area contributed by atoms with E-state index in [-0.39, 0.29) is 24.0 Å². The van der Waals surface area contributed by atoms with Crippen molar-refractivity contribution in [2.24, 2.45) is 0 Å². The van der Waals surface area contributed by atoms with Gasteiger partial charge in [-0.3, -0.25) is 9.36 Å². The summed E-state index contributed by atoms with van der Waals surface area (Å²) in [6.07, 6.45) is -5.27. The van der Waals surface area contributed by atoms with Crippen molar-refractivity contribution in [3.8, 4) is 0 Å². The maximum atomic E-state index is 12.1. The van der Waals surface area contributed by atoms with Gasteiger partial charge in [-0.2, -0.15) is 13.2 Å². The lowest BCUT2D eigenvalue weighted by Gasteiger charge is -2.15. The van der Waals surface area contributed by atoms with E-state index in [1.165, 1.54) is 4.57 Å². The Balaban J connectivity index is 2.91. The van der Waals surface area contributed by atoms with Gasteiger partial charge in [-0.25, -0.2) is 4.98 Å². The lowest BCUT2D eigenvalue weighted by atomic mass is 10.2. The highest BCUT2D eigenvalue weighted by atomic mass is 35.5. The predicted octanol–water partition coefficient (Wildman–Crippen LogP) is 3.36. The molecule has 7 heteroatoms. The molecule has 102 valence electrons. The average Bonchev–Trinajstić information content (AvgIpc) is 2.18. The van der Waals surface area contributed by atoms with E-state index in [4.69, 9.17) is 11.6 Å². The van der Waals surface area contributed by atoms with Crippen molar-refractivity contribution in [2.75, 3.05) is 0 Å². The van der Waals surface area contributed by atoms with Gasteiger partial charge in [-0.15, -0.1) is 0 Å². The smallest absolute Gasteiger partial charge is 0.296 e. The van der Waals surface area contributed by atoms with Crippen molar-refractivity contribution < 1.29 is 13.2 Å². The van der Waals surface area contributed by atoms with E-state index in [1.807, 2.05) is 0 Å². The van der Waals surface area contributed by atoms with Crippen molar-refractivity contribution in [3.05, 3.63) is 27.4 Å². The maximum absolute atomic E-state index is 12.1. The van der Waals surface area contributed by atoms with E-state index in [1.54, 1.807) is 13.8 Å². The third-order valence-electron chi connectivity index (χ3n) is 2.36. The molecule has 0 aromatic carbocycles. The van der Waals surface area contributed by atoms with Gasteiger partial charge in [0.05, 0.1) is 0 Å². The summed E-state index contributed by atoms with van der Waals surface area (Å²) in [7, 11) is 0. The van der Waals surface area contributed by atoms with E-state index in [2.05, 4.69) is 4.98 Å². The van der Waals surface area contributed by atoms with Crippen LogP contribution in [0.15, 0.2) is 10.9 Å². The first-order valence-electron chi connectivity index (χ1n) is 5.54. The zero-order valence-corrected chi connectivity index (χ0v) is 10.8. The SMILES string of the molecule is CC(C)c1nc(Cl)cc(=O)n1CCCC(F)(F)F. The van der Waals surface area contributed by atoms with Gasteiger partial charge < -0.3 is 0 Å². The van der Waals surface area contributed by atoms with E-state index in [0.29, 0.717) is 5.82 Å². The Bertz CT molecular complexity index is 468. The van der Waals surface area contributed by atoms with Gasteiger partial charge in [0.15, 0.2) is 0 Å². The van der Waals surface area contributed by atoms with Crippen LogP contribution in [0.25, 0.3) is 0 Å². The molecular weight excluding hydrogens is 269 g/mol. The lowest BCUT2D eigenvalue weighted by Crippen LogP contribution is -2.26. The molecule has 3 nitrogen and oxygen atoms in total. The second kappa shape index (κ2) is 5.73. The molecule has 0 unspecified atom stereocenters. The molecule has 0 spiro atoms. The highest BCUT2D eigenvalue weighted by molar-refractivity contribution is 6.29. The number of rotatable bonds is 4. The number of halogens is 4. The van der Waals surface area contributed by atoms with E-state index in [0.717, 1.165) is 6.07 Å². The summed E-state index contributed by atoms with van der Waals surface area (Å²) in [4.78, 5) is 15.7. The molecule has 0 N–H and O–H groups in total. The number of aromatic nitrogens is 2. The normalized spacial score (nSPS) is 12.2. The van der Waals surface area contributed by atoms with Gasteiger partial charge in [-0.1, -0.05) is 25.4 Å². The fourth-order valence-corrected chi connectivity index (χ4v) is 1.78. The highest BCUT2D eigenvalue weighted by Gasteiger charge is 2.26. The molecule has 0 fully saturated rings. The molecule has 0 amide bonds. The van der Waals surface area contributed by atoms with Gasteiger partial charge >= 0.3 is 6.18 Å². The number of hydrogen-bond acceptors (Lipinski definition) is 2. The summed E-state index contributed by atoms with van der Waals surface area (Å²) in [6, 6.07) is 1.11. The minimum Gasteiger partial charge on any atom is -0.296 e. The minimum atomic E-state index is -4.21. The van der Waals surface area contributed by atoms with Crippen molar-refractivity contribution >= 4 is 11.6 Å². The van der Waals surface area contributed by atoms with Crippen LogP contribution in [0, 0.1) is 0 Å². The molecule has 0 saturated carbocycles. The quantitative estimate of drug-likeness (QED) is 0.794. The molecular formula is C11H14ClF3N2O. The van der Waals surface area contributed by atoms with Crippen LogP contribution in [0.1, 0.15) is 38.4 Å². The number of hydrogen-bond donors (Lipinski definition) is 0. The van der Waals surface area contributed by atoms with Crippen LogP contribution in [0.3, 0.4) is 0 Å². The Morgan fingerprint density at radius 3 is 2.56 bits per heavy atom. The Labute approximate surface area is 108 Å². The summed E-state index contributed by atoms with van der Waals surface area (Å²) < 4.78 is 37.4. The molecule has 1 heterocycles. The van der Waals surface area contributed by atoms with Crippen LogP contribution < -0.4 is 5.56 Å². The van der Waals surface area contributed by atoms with Gasteiger partial charge in [0.25, 0.3) is 5.56 Å². The Hall–Kier alpha value is -1.04. The number of alkyl halides is 3. The zero-order valence-electron chi connectivity index (χ0n) is 10.1. The highest BCUT2D eigenvalue weighted by Crippen LogP contribution is 2.22. The minimum absolute atomic E-state index is 0.00394. The first kappa shape index (κ1) is 15.0. The molecule has 0 saturated heterocycles. The molecule has 0 aliphatic carbocycles. The molecule has 0 aliphatic rings. The lowest BCUT2D eigenvalue weighted by molar-refractivity contribution is -0.135. The van der Waals surface area contributed by atoms with Gasteiger partial charge in [0, 0.05) is 24.9 Å². The largest absolute Gasteiger partial charge is 0.389 e. The van der Waals surface area contributed by atoms with Gasteiger partial charge in [0.1, 0.15) is 11.0 Å². The third-order valence-corrected chi connectivity index (χ3v) is 2.56. The van der Waals surface area contributed by atoms with Crippen molar-refractivity contribution in [1.82, 2.24) is 9.55 Å². The Morgan fingerprint density at radius 1 is 1.44 bits per heavy atom. The van der Waals surface area contributed by atoms with E-state index < -0.39 is 18.2 Å². The van der Waals surface area contributed by atoms with Crippen molar-refractivity contribution in [1.29, 1.82) is 0 Å². The van der Waals surface area contributed by atoms with Gasteiger partial charge in [-0.05, 0) is 6.42 Å². The molecule has 0 atom stereocenters. The van der Waals surface area contributed by atoms with Gasteiger partial charge in [0.2, 0.25) is 0 Å². The van der Waals surface area contributed by atoms with Crippen LogP contribution in [0.4, 0.5) is 13.2 Å². The summed E-state index contributed by atoms with van der Waals surface area (Å²) in [5, 5.41) is 0.0655. The van der Waals surface area contributed by atoms with Crippen LogP contribution in [-0.2, 0) is 6.54 Å². The number of nitrogens with zero attached hydrogens (tertiary/aromatic N) is 2. The molecule has 18 heavy (non-hydrogen) atoms. The van der Waals surface area contributed by atoms with Crippen LogP contribution in [-0.4, -0.2) is 15.7 Å². The van der Waals surface area contributed by atoms with Crippen LogP contribution in [0.5, 0.6) is 0 Å². The second-order valence-corrected chi connectivity index (χ2v) is 4.69. The van der Waals surface area contributed by atoms with Crippen molar-refractivity contribution in [2.45, 2.75) is 45.3 Å². The summed E-state index contributed by atoms with van der Waals surface area (Å²) in [5.41, 5.74) is -0.416. The second-order valence-electron chi connectivity index (χ2n) is 4.30. The molecule has 1 aromatic rings. The third kappa shape index (κ3) is 4.33. The fraction of sp³-hybridized carbons (Fsp3) is 0.636. The van der Waals surface area contributed by atoms with E-state index >= 15 is 0 Å². The standard InChI is InChI=1S/C11H14ClF3N2O/c1-7(2)10-16-8(12)6-9(18)17(10)5-3-4-11(13,14)15/h6-7H,3-5H2,1-2H3. The summed E-state index contributed by atoms with van der Waals surface area (Å²) in [5.74, 6) is 0.331. The van der Waals surface area contributed by atoms with Crippen molar-refractivity contribution in [3.63, 3.8) is 0 Å². The molecule has 0 radical (unpaired) electrons. The Morgan fingerprint density at radius 2 is 2.06 bits per heavy atom. The topological polar surface area (TPSA) is 34.9 Å². The maximum Gasteiger partial charge on any atom is 0.389 e. The van der Waals surface area contributed by atoms with Crippen LogP contribution >= 0.6 is 11.6 Å². The molecule has 0 aliphatic heterocycles. The summed E-state index contributed by atoms with van der Waals surface area (Å²) >= 11 is 5.67.